The Hall–Kier alpha value is -1.27. The first-order valence-corrected chi connectivity index (χ1v) is 5.88. The zero-order valence-corrected chi connectivity index (χ0v) is 9.60. The number of hydrogen-bond donors (Lipinski definition) is 1. The Labute approximate surface area is 101 Å². The molecule has 0 heterocycles. The second-order valence-electron chi connectivity index (χ2n) is 2.74. The van der Waals surface area contributed by atoms with Gasteiger partial charge in [0.05, 0.1) is 5.56 Å². The minimum Gasteiger partial charge on any atom is -0.205 e. The lowest BCUT2D eigenvalue weighted by atomic mass is 10.2. The van der Waals surface area contributed by atoms with Crippen LogP contribution in [0.25, 0.3) is 0 Å². The van der Waals surface area contributed by atoms with Crippen molar-refractivity contribution in [2.75, 3.05) is 0 Å². The molecule has 0 saturated heterocycles. The second kappa shape index (κ2) is 4.93. The highest BCUT2D eigenvalue weighted by Crippen LogP contribution is 2.20. The van der Waals surface area contributed by atoms with Crippen LogP contribution in [0.3, 0.4) is 0 Å². The highest BCUT2D eigenvalue weighted by atomic mass is 35.5. The third-order valence-corrected chi connectivity index (χ3v) is 2.88. The molecule has 0 aromatic heterocycles. The highest BCUT2D eigenvalue weighted by molar-refractivity contribution is 7.89. The van der Waals surface area contributed by atoms with Gasteiger partial charge in [-0.15, -0.1) is 0 Å². The van der Waals surface area contributed by atoms with Crippen LogP contribution in [-0.4, -0.2) is 14.0 Å². The Morgan fingerprint density at radius 2 is 2.00 bits per heavy atom. The summed E-state index contributed by atoms with van der Waals surface area (Å²) in [6.45, 7) is 0. The summed E-state index contributed by atoms with van der Waals surface area (Å²) in [5.41, 5.74) is -4.38. The summed E-state index contributed by atoms with van der Waals surface area (Å²) in [4.78, 5) is 4.08. The van der Waals surface area contributed by atoms with Crippen molar-refractivity contribution >= 4 is 21.6 Å². The lowest BCUT2D eigenvalue weighted by molar-refractivity contribution is -0.190. The maximum atomic E-state index is 12.1. The van der Waals surface area contributed by atoms with Crippen molar-refractivity contribution in [1.82, 2.24) is 4.89 Å². The fourth-order valence-corrected chi connectivity index (χ4v) is 1.99. The molecule has 0 unspecified atom stereocenters. The fourth-order valence-electron chi connectivity index (χ4n) is 0.940. The standard InChI is InChI=1S/C8H5ClF2N2O3S/c9-8(10,11)16-13-17(14,15)7-4-2-1-3-6(7)5-12/h1-4,13H. The van der Waals surface area contributed by atoms with E-state index in [1.54, 1.807) is 6.07 Å². The van der Waals surface area contributed by atoms with Gasteiger partial charge in [0.15, 0.2) is 0 Å². The predicted molar refractivity (Wildman–Crippen MR) is 53.4 cm³/mol. The summed E-state index contributed by atoms with van der Waals surface area (Å²) in [5.74, 6) is 0. The van der Waals surface area contributed by atoms with Crippen molar-refractivity contribution in [3.05, 3.63) is 29.8 Å². The van der Waals surface area contributed by atoms with Gasteiger partial charge in [-0.2, -0.15) is 14.0 Å². The molecule has 92 valence electrons. The summed E-state index contributed by atoms with van der Waals surface area (Å²) < 4.78 is 47.2. The van der Waals surface area contributed by atoms with Crippen LogP contribution in [0.1, 0.15) is 5.56 Å². The number of nitrogens with one attached hydrogen (secondary N) is 1. The molecule has 0 atom stereocenters. The largest absolute Gasteiger partial charge is 0.457 e. The number of rotatable bonds is 4. The molecule has 5 nitrogen and oxygen atoms in total. The molecular weight excluding hydrogens is 278 g/mol. The van der Waals surface area contributed by atoms with Gasteiger partial charge in [-0.1, -0.05) is 17.0 Å². The molecule has 17 heavy (non-hydrogen) atoms. The summed E-state index contributed by atoms with van der Waals surface area (Å²) >= 11 is 4.35. The van der Waals surface area contributed by atoms with Crippen molar-refractivity contribution in [2.45, 2.75) is 10.5 Å². The molecule has 0 amide bonds. The van der Waals surface area contributed by atoms with E-state index in [1.807, 2.05) is 0 Å². The third-order valence-electron chi connectivity index (χ3n) is 1.56. The molecule has 0 aliphatic heterocycles. The summed E-state index contributed by atoms with van der Waals surface area (Å²) in [6.07, 6.45) is 0. The minimum atomic E-state index is -4.40. The molecule has 1 aromatic rings. The van der Waals surface area contributed by atoms with Crippen molar-refractivity contribution in [2.24, 2.45) is 0 Å². The van der Waals surface area contributed by atoms with Crippen molar-refractivity contribution in [1.29, 1.82) is 5.26 Å². The van der Waals surface area contributed by atoms with Gasteiger partial charge in [-0.25, -0.2) is 13.3 Å². The topological polar surface area (TPSA) is 79.2 Å². The van der Waals surface area contributed by atoms with Crippen molar-refractivity contribution in [3.63, 3.8) is 0 Å². The van der Waals surface area contributed by atoms with Crippen LogP contribution < -0.4 is 4.89 Å². The highest BCUT2D eigenvalue weighted by Gasteiger charge is 2.30. The second-order valence-corrected chi connectivity index (χ2v) is 4.80. The van der Waals surface area contributed by atoms with Gasteiger partial charge in [-0.3, -0.25) is 0 Å². The number of hydrogen-bond acceptors (Lipinski definition) is 4. The average Bonchev–Trinajstić information content (AvgIpc) is 2.26. The van der Waals surface area contributed by atoms with Gasteiger partial charge in [-0.05, 0) is 23.7 Å². The van der Waals surface area contributed by atoms with E-state index in [4.69, 9.17) is 5.26 Å². The van der Waals surface area contributed by atoms with Crippen molar-refractivity contribution < 1.29 is 22.0 Å². The lowest BCUT2D eigenvalue weighted by Crippen LogP contribution is -2.31. The molecule has 0 aliphatic rings. The molecule has 1 aromatic carbocycles. The van der Waals surface area contributed by atoms with Gasteiger partial charge in [0.1, 0.15) is 11.0 Å². The molecule has 1 N–H and O–H groups in total. The van der Waals surface area contributed by atoms with E-state index in [0.29, 0.717) is 0 Å². The number of alkyl halides is 3. The molecule has 1 rings (SSSR count). The lowest BCUT2D eigenvalue weighted by Gasteiger charge is -2.10. The third kappa shape index (κ3) is 3.90. The first kappa shape index (κ1) is 13.8. The average molecular weight is 283 g/mol. The Balaban J connectivity index is 3.03. The Morgan fingerprint density at radius 3 is 2.53 bits per heavy atom. The Bertz CT molecular complexity index is 551. The number of nitrogens with zero attached hydrogens (tertiary/aromatic N) is 1. The zero-order chi connectivity index (χ0) is 13.1. The molecule has 9 heteroatoms. The summed E-state index contributed by atoms with van der Waals surface area (Å²) in [5, 5.41) is 8.65. The normalized spacial score (nSPS) is 12.1. The number of nitriles is 1. The fraction of sp³-hybridized carbons (Fsp3) is 0.125. The summed E-state index contributed by atoms with van der Waals surface area (Å²) in [7, 11) is -4.40. The summed E-state index contributed by atoms with van der Waals surface area (Å²) in [6, 6.07) is 6.64. The van der Waals surface area contributed by atoms with Crippen LogP contribution in [0.2, 0.25) is 0 Å². The monoisotopic (exact) mass is 282 g/mol. The Kier molecular flexibility index (Phi) is 4.00. The Morgan fingerprint density at radius 1 is 1.41 bits per heavy atom. The van der Waals surface area contributed by atoms with E-state index in [0.717, 1.165) is 11.0 Å². The van der Waals surface area contributed by atoms with Gasteiger partial charge in [0.2, 0.25) is 0 Å². The number of sulfonamides is 1. The maximum Gasteiger partial charge on any atom is 0.457 e. The van der Waals surface area contributed by atoms with Gasteiger partial charge in [0, 0.05) is 0 Å². The van der Waals surface area contributed by atoms with E-state index in [1.165, 1.54) is 18.2 Å². The molecular formula is C8H5ClF2N2O3S. The quantitative estimate of drug-likeness (QED) is 0.671. The van der Waals surface area contributed by atoms with Gasteiger partial charge >= 0.3 is 5.57 Å². The predicted octanol–water partition coefficient (Wildman–Crippen LogP) is 1.56. The smallest absolute Gasteiger partial charge is 0.205 e. The van der Waals surface area contributed by atoms with Gasteiger partial charge < -0.3 is 0 Å². The molecule has 0 spiro atoms. The van der Waals surface area contributed by atoms with Crippen LogP contribution >= 0.6 is 11.6 Å². The van der Waals surface area contributed by atoms with Gasteiger partial charge in [0.25, 0.3) is 10.0 Å². The van der Waals surface area contributed by atoms with E-state index in [9.17, 15) is 17.2 Å². The minimum absolute atomic E-state index is 0.207. The molecule has 0 radical (unpaired) electrons. The van der Waals surface area contributed by atoms with Crippen LogP contribution in [0.4, 0.5) is 8.78 Å². The van der Waals surface area contributed by atoms with Crippen molar-refractivity contribution in [3.8, 4) is 6.07 Å². The zero-order valence-electron chi connectivity index (χ0n) is 8.02. The van der Waals surface area contributed by atoms with E-state index < -0.39 is 20.5 Å². The van der Waals surface area contributed by atoms with E-state index in [2.05, 4.69) is 16.4 Å². The number of halogens is 3. The van der Waals surface area contributed by atoms with E-state index in [-0.39, 0.29) is 5.56 Å². The van der Waals surface area contributed by atoms with Crippen LogP contribution in [-0.2, 0) is 14.9 Å². The molecule has 0 saturated carbocycles. The first-order chi connectivity index (χ1) is 7.76. The first-order valence-electron chi connectivity index (χ1n) is 4.02. The molecule has 0 aliphatic carbocycles. The van der Waals surface area contributed by atoms with E-state index >= 15 is 0 Å². The van der Waals surface area contributed by atoms with Crippen LogP contribution in [0.5, 0.6) is 0 Å². The SMILES string of the molecule is N#Cc1ccccc1S(=O)(=O)NOC(F)(F)Cl. The molecule has 0 bridgehead atoms. The molecule has 0 fully saturated rings. The maximum absolute atomic E-state index is 12.1. The van der Waals surface area contributed by atoms with Crippen LogP contribution in [0, 0.1) is 11.3 Å². The number of benzene rings is 1. The van der Waals surface area contributed by atoms with Crippen LogP contribution in [0.15, 0.2) is 29.2 Å².